The molecule has 1 heterocycles. The van der Waals surface area contributed by atoms with Gasteiger partial charge in [-0.1, -0.05) is 49.0 Å². The van der Waals surface area contributed by atoms with Crippen molar-refractivity contribution in [1.29, 1.82) is 0 Å². The molecule has 0 aliphatic rings. The predicted molar refractivity (Wildman–Crippen MR) is 199 cm³/mol. The van der Waals surface area contributed by atoms with Gasteiger partial charge in [-0.15, -0.1) is 21.9 Å². The number of halogens is 20. The van der Waals surface area contributed by atoms with Crippen LogP contribution >= 0.6 is 0 Å². The van der Waals surface area contributed by atoms with Crippen molar-refractivity contribution < 1.29 is 97.2 Å². The molecule has 0 unspecified atom stereocenters. The third-order valence-corrected chi connectivity index (χ3v) is 10.5. The Hall–Kier alpha value is -7.20. The van der Waals surface area contributed by atoms with Crippen LogP contribution in [0.5, 0.6) is 0 Å². The van der Waals surface area contributed by atoms with Crippen molar-refractivity contribution in [2.75, 3.05) is 0 Å². The van der Waals surface area contributed by atoms with Crippen LogP contribution in [0.2, 0.25) is 0 Å². The second-order valence-electron chi connectivity index (χ2n) is 14.2. The van der Waals surface area contributed by atoms with E-state index >= 15 is 35.1 Å². The van der Waals surface area contributed by atoms with Gasteiger partial charge in [-0.3, -0.25) is 4.79 Å². The Bertz CT molecular complexity index is 2830. The molecule has 1 aromatic heterocycles. The fourth-order valence-electron chi connectivity index (χ4n) is 7.54. The van der Waals surface area contributed by atoms with Gasteiger partial charge in [0.2, 0.25) is 23.5 Å². The number of hydrogen-bond acceptors (Lipinski definition) is 1. The van der Waals surface area contributed by atoms with Crippen LogP contribution in [0.4, 0.5) is 87.8 Å². The maximum atomic E-state index is 15.4. The Kier molecular flexibility index (Phi) is 13.4. The normalized spacial score (nSPS) is 11.5. The molecule has 0 saturated carbocycles. The predicted octanol–water partition coefficient (Wildman–Crippen LogP) is 9.89. The van der Waals surface area contributed by atoms with Crippen molar-refractivity contribution in [3.63, 3.8) is 0 Å². The number of Topliss-reactive ketones (excluding diaryl/α,β-unsaturated/α-hetero) is 1. The van der Waals surface area contributed by atoms with Gasteiger partial charge < -0.3 is 0 Å². The lowest BCUT2D eigenvalue weighted by atomic mass is 9.12. The summed E-state index contributed by atoms with van der Waals surface area (Å²) in [5, 5.41) is 1.12. The highest BCUT2D eigenvalue weighted by Gasteiger charge is 2.52. The van der Waals surface area contributed by atoms with Gasteiger partial charge in [0.1, 0.15) is 52.7 Å². The van der Waals surface area contributed by atoms with Crippen molar-refractivity contribution in [2.45, 2.75) is 13.5 Å². The summed E-state index contributed by atoms with van der Waals surface area (Å²) in [6, 6.07) is 21.6. The number of para-hydroxylation sites is 1. The molecule has 7 aromatic rings. The van der Waals surface area contributed by atoms with Crippen LogP contribution in [0.1, 0.15) is 23.0 Å². The molecule has 23 heteroatoms. The van der Waals surface area contributed by atoms with E-state index in [4.69, 9.17) is 0 Å². The van der Waals surface area contributed by atoms with Crippen molar-refractivity contribution >= 4 is 50.3 Å². The number of fused-ring (bicyclic) bond motifs is 1. The zero-order valence-corrected chi connectivity index (χ0v) is 32.8. The summed E-state index contributed by atoms with van der Waals surface area (Å²) in [5.41, 5.74) is -10.6. The Morgan fingerprint density at radius 2 is 0.687 bits per heavy atom. The van der Waals surface area contributed by atoms with Gasteiger partial charge in [0.05, 0.1) is 0 Å². The van der Waals surface area contributed by atoms with E-state index in [1.165, 1.54) is 0 Å². The number of carbonyl (C=O) groups is 1. The first-order chi connectivity index (χ1) is 31.4. The topological polar surface area (TPSA) is 20.9 Å². The number of benzene rings is 6. The van der Waals surface area contributed by atoms with E-state index < -0.39 is 144 Å². The van der Waals surface area contributed by atoms with Crippen molar-refractivity contribution in [3.8, 4) is 0 Å². The Morgan fingerprint density at radius 1 is 0.403 bits per heavy atom. The van der Waals surface area contributed by atoms with Crippen molar-refractivity contribution in [1.82, 2.24) is 0 Å². The number of allylic oxidation sites excluding steroid dienone is 1. The molecule has 7 rings (SSSR count). The average Bonchev–Trinajstić information content (AvgIpc) is 3.31. The molecule has 0 amide bonds. The molecule has 0 fully saturated rings. The number of rotatable bonds is 8. The van der Waals surface area contributed by atoms with Gasteiger partial charge in [0.15, 0.2) is 69.8 Å². The van der Waals surface area contributed by atoms with Crippen LogP contribution in [0, 0.1) is 116 Å². The van der Waals surface area contributed by atoms with Crippen LogP contribution in [-0.4, -0.2) is 11.9 Å². The fourth-order valence-corrected chi connectivity index (χ4v) is 7.54. The number of carbonyl (C=O) groups excluding carboxylic acids is 1. The molecule has 0 bridgehead atoms. The summed E-state index contributed by atoms with van der Waals surface area (Å²) in [6.45, 7) is 6.32. The highest BCUT2D eigenvalue weighted by molar-refractivity contribution is 7.20. The van der Waals surface area contributed by atoms with E-state index in [9.17, 15) is 57.5 Å². The van der Waals surface area contributed by atoms with Crippen molar-refractivity contribution in [3.05, 3.63) is 201 Å². The van der Waals surface area contributed by atoms with Gasteiger partial charge in [-0.2, -0.15) is 4.57 Å². The second-order valence-corrected chi connectivity index (χ2v) is 14.2. The Morgan fingerprint density at radius 3 is 1.00 bits per heavy atom. The van der Waals surface area contributed by atoms with Crippen molar-refractivity contribution in [2.24, 2.45) is 0 Å². The molecule has 0 N–H and O–H groups in total. The fraction of sp³-hybridized carbons (Fsp3) is 0.0455. The first-order valence-electron chi connectivity index (χ1n) is 18.3. The lowest BCUT2D eigenvalue weighted by Crippen LogP contribution is -2.81. The van der Waals surface area contributed by atoms with E-state index in [1.54, 1.807) is 0 Å². The largest absolute Gasteiger partial charge is 0.287 e. The minimum Gasteiger partial charge on any atom is -0.287 e. The maximum absolute atomic E-state index is 15.4. The SMILES string of the molecule is C=C(C)c1ccc2ccccc2[n+]1CC(=O)c1ccccc1.Fc1c(F)c(F)c([B-](c2c(F)c(F)c(F)c(F)c2F)(c2c(F)c(F)c(F)c(F)c2F)c2c(F)c(F)c(F)c(F)c2F)c(F)c1F. The molecule has 67 heavy (non-hydrogen) atoms. The summed E-state index contributed by atoms with van der Waals surface area (Å²) in [5.74, 6) is -71.3. The maximum Gasteiger partial charge on any atom is 0.227 e. The molecule has 0 atom stereocenters. The number of pyridine rings is 1. The second kappa shape index (κ2) is 18.2. The molecule has 0 aliphatic heterocycles. The smallest absolute Gasteiger partial charge is 0.227 e. The molecular weight excluding hydrogens is 949 g/mol. The third kappa shape index (κ3) is 7.72. The third-order valence-electron chi connectivity index (χ3n) is 10.5. The van der Waals surface area contributed by atoms with Gasteiger partial charge >= 0.3 is 0 Å². The number of ketones is 1. The zero-order valence-electron chi connectivity index (χ0n) is 32.8. The van der Waals surface area contributed by atoms with Crippen LogP contribution in [0.15, 0.2) is 73.3 Å². The molecule has 0 aliphatic carbocycles. The molecule has 0 radical (unpaired) electrons. The van der Waals surface area contributed by atoms with Gasteiger partial charge in [-0.25, -0.2) is 87.8 Å². The highest BCUT2D eigenvalue weighted by atomic mass is 19.2. The lowest BCUT2D eigenvalue weighted by Gasteiger charge is -2.44. The molecule has 348 valence electrons. The van der Waals surface area contributed by atoms with E-state index in [2.05, 4.69) is 18.7 Å². The van der Waals surface area contributed by atoms with Crippen LogP contribution < -0.4 is 26.4 Å². The summed E-state index contributed by atoms with van der Waals surface area (Å²) >= 11 is 0. The quantitative estimate of drug-likeness (QED) is 0.0372. The van der Waals surface area contributed by atoms with Crippen LogP contribution in [0.25, 0.3) is 16.5 Å². The van der Waals surface area contributed by atoms with Gasteiger partial charge in [0, 0.05) is 28.7 Å². The number of aromatic nitrogens is 1. The Balaban J connectivity index is 0.000000279. The average molecular weight is 967 g/mol. The monoisotopic (exact) mass is 967 g/mol. The number of hydrogen-bond donors (Lipinski definition) is 0. The minimum atomic E-state index is -7.22. The minimum absolute atomic E-state index is 0.101. The summed E-state index contributed by atoms with van der Waals surface area (Å²) < 4.78 is 296. The van der Waals surface area contributed by atoms with Gasteiger partial charge in [0.25, 0.3) is 0 Å². The molecule has 0 spiro atoms. The molecule has 0 saturated heterocycles. The first-order valence-corrected chi connectivity index (χ1v) is 18.3. The zero-order chi connectivity index (χ0) is 49.9. The summed E-state index contributed by atoms with van der Waals surface area (Å²) in [6.07, 6.45) is -7.22. The van der Waals surface area contributed by atoms with Gasteiger partial charge in [-0.05, 0) is 19.1 Å². The van der Waals surface area contributed by atoms with E-state index in [0.29, 0.717) is 6.54 Å². The van der Waals surface area contributed by atoms with Crippen LogP contribution in [0.3, 0.4) is 0 Å². The first kappa shape index (κ1) is 49.2. The lowest BCUT2D eigenvalue weighted by molar-refractivity contribution is -0.659. The van der Waals surface area contributed by atoms with Crippen LogP contribution in [-0.2, 0) is 6.54 Å². The summed E-state index contributed by atoms with van der Waals surface area (Å²) in [7, 11) is 0. The summed E-state index contributed by atoms with van der Waals surface area (Å²) in [4.78, 5) is 12.6. The molecular formula is C44H18BF20NO. The molecule has 6 aromatic carbocycles. The standard InChI is InChI=1S/C24BF20.C20H18NO/c26-5-1(6(27)14(35)21(42)13(5)34)25(2-7(28)15(36)22(43)16(37)8(2)29,3-9(30)17(38)23(44)18(39)10(3)31)4-11(32)19(40)24(45)20(41)12(4)33;1-15(2)18-13-12-16-8-6-7-11-19(16)21(18)14-20(22)17-9-4-3-5-10-17/h;3-13H,1,14H2,2H3/q-1;+1. The van der Waals surface area contributed by atoms with E-state index in [0.717, 1.165) is 27.7 Å². The van der Waals surface area contributed by atoms with E-state index in [-0.39, 0.29) is 5.78 Å². The number of nitrogens with zero attached hydrogens (tertiary/aromatic N) is 1. The highest BCUT2D eigenvalue weighted by Crippen LogP contribution is 2.31. The molecule has 2 nitrogen and oxygen atoms in total. The Labute approximate surface area is 361 Å². The van der Waals surface area contributed by atoms with E-state index in [1.807, 2.05) is 66.1 Å².